The van der Waals surface area contributed by atoms with Gasteiger partial charge in [0.1, 0.15) is 18.5 Å². The number of likely N-dealkylation sites (tertiary alicyclic amines) is 1. The monoisotopic (exact) mass is 563 g/mol. The van der Waals surface area contributed by atoms with E-state index in [1.807, 2.05) is 6.07 Å². The molecule has 0 radical (unpaired) electrons. The number of piperidine rings is 1. The van der Waals surface area contributed by atoms with Crippen molar-refractivity contribution in [1.82, 2.24) is 9.80 Å². The predicted octanol–water partition coefficient (Wildman–Crippen LogP) is 3.75. The molecule has 3 N–H and O–H groups in total. The van der Waals surface area contributed by atoms with Crippen LogP contribution in [-0.4, -0.2) is 87.7 Å². The maximum atomic E-state index is 13.2. The van der Waals surface area contributed by atoms with Gasteiger partial charge in [-0.25, -0.2) is 23.4 Å². The minimum absolute atomic E-state index is 0.0394. The molecular weight excluding hydrogens is 532 g/mol. The van der Waals surface area contributed by atoms with Gasteiger partial charge in [0.25, 0.3) is 0 Å². The number of nitrogens with zero attached hydrogens (tertiary/aromatic N) is 3. The number of fused-ring (bicyclic) bond motifs is 1. The van der Waals surface area contributed by atoms with E-state index in [0.29, 0.717) is 24.7 Å². The lowest BCUT2D eigenvalue weighted by Gasteiger charge is -2.39. The molecule has 2 aromatic carbocycles. The molecule has 0 bridgehead atoms. The number of hydrogen-bond donors (Lipinski definition) is 3. The summed E-state index contributed by atoms with van der Waals surface area (Å²) in [6.45, 7) is 2.29. The Kier molecular flexibility index (Phi) is 11.3. The number of carbonyl (C=O) groups is 2. The fourth-order valence-electron chi connectivity index (χ4n) is 4.10. The first-order chi connectivity index (χ1) is 18.6. The molecule has 0 aliphatic carbocycles. The number of benzene rings is 2. The van der Waals surface area contributed by atoms with Gasteiger partial charge >= 0.3 is 11.9 Å². The van der Waals surface area contributed by atoms with Crippen molar-refractivity contribution in [3.05, 3.63) is 71.8 Å². The summed E-state index contributed by atoms with van der Waals surface area (Å²) in [5.41, 5.74) is 2.34. The summed E-state index contributed by atoms with van der Waals surface area (Å²) < 4.78 is 31.6. The van der Waals surface area contributed by atoms with Gasteiger partial charge < -0.3 is 29.9 Å². The average molecular weight is 564 g/mol. The van der Waals surface area contributed by atoms with Gasteiger partial charge in [-0.1, -0.05) is 30.0 Å². The standard InChI is InChI=1S/C23H27F2N3O2S.C4H4O4/c1-27(23-26-22-5-3-2-4-16(22)15-31-23)17-8-10-28(11-9-17)13-18(29)14-30-19-6-7-20(24)21(25)12-19;5-3(6)1-2-4(7)8/h2-7,12,17-18,29H,8-11,13-15H2,1H3;1-2H,(H,5,6)(H,7,8)/b;2-1+/t18-;/m1./s1. The van der Waals surface area contributed by atoms with E-state index in [1.54, 1.807) is 11.8 Å². The maximum Gasteiger partial charge on any atom is 0.328 e. The van der Waals surface area contributed by atoms with Crippen molar-refractivity contribution in [1.29, 1.82) is 0 Å². The number of rotatable bonds is 8. The van der Waals surface area contributed by atoms with Gasteiger partial charge in [-0.2, -0.15) is 0 Å². The molecule has 0 aromatic heterocycles. The van der Waals surface area contributed by atoms with E-state index in [1.165, 1.54) is 11.6 Å². The molecule has 2 heterocycles. The summed E-state index contributed by atoms with van der Waals surface area (Å²) in [6, 6.07) is 12.1. The Labute approximate surface area is 229 Å². The zero-order valence-corrected chi connectivity index (χ0v) is 22.2. The first kappa shape index (κ1) is 30.1. The predicted molar refractivity (Wildman–Crippen MR) is 144 cm³/mol. The molecule has 4 rings (SSSR count). The highest BCUT2D eigenvalue weighted by molar-refractivity contribution is 8.13. The van der Waals surface area contributed by atoms with E-state index in [4.69, 9.17) is 19.9 Å². The number of thioether (sulfide) groups is 1. The van der Waals surface area contributed by atoms with Gasteiger partial charge in [-0.15, -0.1) is 0 Å². The van der Waals surface area contributed by atoms with Crippen LogP contribution in [0.3, 0.4) is 0 Å². The van der Waals surface area contributed by atoms with Crippen molar-refractivity contribution in [2.24, 2.45) is 4.99 Å². The van der Waals surface area contributed by atoms with E-state index in [-0.39, 0.29) is 12.4 Å². The molecule has 0 spiro atoms. The number of halogens is 2. The Bertz CT molecular complexity index is 1190. The number of amidine groups is 1. The lowest BCUT2D eigenvalue weighted by molar-refractivity contribution is -0.134. The van der Waals surface area contributed by atoms with E-state index >= 15 is 0 Å². The summed E-state index contributed by atoms with van der Waals surface area (Å²) in [7, 11) is 2.12. The molecule has 9 nitrogen and oxygen atoms in total. The smallest absolute Gasteiger partial charge is 0.328 e. The minimum Gasteiger partial charge on any atom is -0.491 e. The number of carboxylic acids is 2. The largest absolute Gasteiger partial charge is 0.491 e. The van der Waals surface area contributed by atoms with Gasteiger partial charge in [0.15, 0.2) is 16.8 Å². The second kappa shape index (κ2) is 14.6. The number of ether oxygens (including phenoxy) is 1. The molecule has 2 aromatic rings. The second-order valence-electron chi connectivity index (χ2n) is 9.01. The normalized spacial score (nSPS) is 16.5. The van der Waals surface area contributed by atoms with Crippen molar-refractivity contribution >= 4 is 34.6 Å². The lowest BCUT2D eigenvalue weighted by atomic mass is 10.0. The Morgan fingerprint density at radius 1 is 1.13 bits per heavy atom. The molecular formula is C27H31F2N3O6S. The van der Waals surface area contributed by atoms with Gasteiger partial charge in [0, 0.05) is 56.7 Å². The molecule has 1 fully saturated rings. The van der Waals surface area contributed by atoms with Crippen LogP contribution in [0.15, 0.2) is 59.6 Å². The van der Waals surface area contributed by atoms with Crippen LogP contribution < -0.4 is 4.74 Å². The summed E-state index contributed by atoms with van der Waals surface area (Å²) in [5.74, 6) is -3.22. The van der Waals surface area contributed by atoms with Crippen LogP contribution in [0, 0.1) is 11.6 Å². The van der Waals surface area contributed by atoms with Crippen LogP contribution in [0.1, 0.15) is 18.4 Å². The summed E-state index contributed by atoms with van der Waals surface area (Å²) in [5, 5.41) is 27.0. The summed E-state index contributed by atoms with van der Waals surface area (Å²) >= 11 is 1.78. The molecule has 0 unspecified atom stereocenters. The fourth-order valence-corrected chi connectivity index (χ4v) is 5.14. The zero-order chi connectivity index (χ0) is 28.4. The van der Waals surface area contributed by atoms with Gasteiger partial charge in [-0.05, 0) is 36.6 Å². The molecule has 0 amide bonds. The fraction of sp³-hybridized carbons (Fsp3) is 0.370. The van der Waals surface area contributed by atoms with Gasteiger partial charge in [-0.3, -0.25) is 0 Å². The molecule has 0 saturated carbocycles. The highest BCUT2D eigenvalue weighted by Gasteiger charge is 2.27. The molecule has 210 valence electrons. The van der Waals surface area contributed by atoms with Crippen molar-refractivity contribution in [3.8, 4) is 5.75 Å². The molecule has 2 aliphatic rings. The SMILES string of the molecule is CN(C1=Nc2ccccc2CS1)C1CCN(C[C@@H](O)COc2ccc(F)c(F)c2)CC1.O=C(O)/C=C/C(=O)O. The van der Waals surface area contributed by atoms with Crippen molar-refractivity contribution in [2.45, 2.75) is 30.7 Å². The number of β-amino-alcohol motifs (C(OH)–C–C–N with tert-alkyl or cyclic N) is 1. The first-order valence-corrected chi connectivity index (χ1v) is 13.3. The third kappa shape index (κ3) is 9.65. The molecule has 39 heavy (non-hydrogen) atoms. The second-order valence-corrected chi connectivity index (χ2v) is 9.95. The number of para-hydroxylation sites is 1. The van der Waals surface area contributed by atoms with Gasteiger partial charge in [0.2, 0.25) is 0 Å². The molecule has 1 atom stereocenters. The quantitative estimate of drug-likeness (QED) is 0.412. The number of aliphatic hydroxyl groups is 1. The highest BCUT2D eigenvalue weighted by Crippen LogP contribution is 2.33. The summed E-state index contributed by atoms with van der Waals surface area (Å²) in [6.07, 6.45) is 2.41. The minimum atomic E-state index is -1.26. The maximum absolute atomic E-state index is 13.2. The number of aliphatic hydroxyl groups excluding tert-OH is 1. The number of hydrogen-bond acceptors (Lipinski definition) is 8. The van der Waals surface area contributed by atoms with E-state index < -0.39 is 29.7 Å². The number of aliphatic imine (C=N–C) groups is 1. The van der Waals surface area contributed by atoms with Crippen molar-refractivity contribution in [3.63, 3.8) is 0 Å². The average Bonchev–Trinajstić information content (AvgIpc) is 2.92. The van der Waals surface area contributed by atoms with Crippen LogP contribution in [-0.2, 0) is 15.3 Å². The molecule has 1 saturated heterocycles. The van der Waals surface area contributed by atoms with E-state index in [9.17, 15) is 23.5 Å². The molecule has 2 aliphatic heterocycles. The highest BCUT2D eigenvalue weighted by atomic mass is 32.2. The van der Waals surface area contributed by atoms with Crippen LogP contribution >= 0.6 is 11.8 Å². The first-order valence-electron chi connectivity index (χ1n) is 12.3. The van der Waals surface area contributed by atoms with Crippen molar-refractivity contribution < 1.29 is 38.4 Å². The zero-order valence-electron chi connectivity index (χ0n) is 21.4. The van der Waals surface area contributed by atoms with Crippen LogP contribution in [0.5, 0.6) is 5.75 Å². The lowest BCUT2D eigenvalue weighted by Crippen LogP contribution is -2.47. The van der Waals surface area contributed by atoms with Crippen LogP contribution in [0.2, 0.25) is 0 Å². The van der Waals surface area contributed by atoms with Crippen molar-refractivity contribution in [2.75, 3.05) is 33.3 Å². The number of aliphatic carboxylic acids is 2. The third-order valence-electron chi connectivity index (χ3n) is 6.14. The molecule has 12 heteroatoms. The Morgan fingerprint density at radius 3 is 2.44 bits per heavy atom. The van der Waals surface area contributed by atoms with Gasteiger partial charge in [0.05, 0.1) is 5.69 Å². The van der Waals surface area contributed by atoms with E-state index in [2.05, 4.69) is 35.0 Å². The Morgan fingerprint density at radius 2 is 1.79 bits per heavy atom. The van der Waals surface area contributed by atoms with Crippen LogP contribution in [0.4, 0.5) is 14.5 Å². The van der Waals surface area contributed by atoms with Crippen LogP contribution in [0.25, 0.3) is 0 Å². The Hall–Kier alpha value is -3.48. The summed E-state index contributed by atoms with van der Waals surface area (Å²) in [4.78, 5) is 28.5. The Balaban J connectivity index is 0.000000459. The third-order valence-corrected chi connectivity index (χ3v) is 7.23. The van der Waals surface area contributed by atoms with E-state index in [0.717, 1.165) is 54.7 Å². The topological polar surface area (TPSA) is 123 Å². The number of carboxylic acid groups (broad SMARTS) is 2.